The van der Waals surface area contributed by atoms with Gasteiger partial charge in [0.1, 0.15) is 5.82 Å². The third kappa shape index (κ3) is 4.53. The molecule has 0 aliphatic rings. The van der Waals surface area contributed by atoms with Crippen LogP contribution in [0.25, 0.3) is 11.3 Å². The molecule has 2 heterocycles. The van der Waals surface area contributed by atoms with Crippen molar-refractivity contribution >= 4 is 17.5 Å². The van der Waals surface area contributed by atoms with Crippen LogP contribution in [-0.2, 0) is 0 Å². The lowest BCUT2D eigenvalue weighted by Gasteiger charge is -2.13. The van der Waals surface area contributed by atoms with Crippen molar-refractivity contribution in [3.05, 3.63) is 59.9 Å². The smallest absolute Gasteiger partial charge is 0.225 e. The molecule has 0 atom stereocenters. The predicted molar refractivity (Wildman–Crippen MR) is 103 cm³/mol. The zero-order valence-corrected chi connectivity index (χ0v) is 15.0. The van der Waals surface area contributed by atoms with Crippen LogP contribution >= 0.6 is 0 Å². The van der Waals surface area contributed by atoms with Gasteiger partial charge in [-0.2, -0.15) is 4.98 Å². The Hall–Kier alpha value is -2.95. The fourth-order valence-corrected chi connectivity index (χ4v) is 2.69. The Labute approximate surface area is 148 Å². The summed E-state index contributed by atoms with van der Waals surface area (Å²) in [6, 6.07) is 12.5. The minimum atomic E-state index is 0.248. The summed E-state index contributed by atoms with van der Waals surface area (Å²) >= 11 is 0. The molecule has 2 aromatic heterocycles. The fraction of sp³-hybridized carbons (Fsp3) is 0.250. The van der Waals surface area contributed by atoms with E-state index >= 15 is 0 Å². The van der Waals surface area contributed by atoms with E-state index in [1.807, 2.05) is 24.4 Å². The van der Waals surface area contributed by atoms with Crippen molar-refractivity contribution in [1.29, 1.82) is 0 Å². The van der Waals surface area contributed by atoms with E-state index in [4.69, 9.17) is 0 Å². The fourth-order valence-electron chi connectivity index (χ4n) is 2.69. The zero-order chi connectivity index (χ0) is 17.8. The third-order valence-electron chi connectivity index (χ3n) is 3.60. The van der Waals surface area contributed by atoms with Gasteiger partial charge in [0.05, 0.1) is 5.69 Å². The van der Waals surface area contributed by atoms with E-state index < -0.39 is 0 Å². The summed E-state index contributed by atoms with van der Waals surface area (Å²) in [6.07, 6.45) is 3.56. The van der Waals surface area contributed by atoms with Gasteiger partial charge in [-0.25, -0.2) is 4.98 Å². The van der Waals surface area contributed by atoms with Gasteiger partial charge < -0.3 is 10.6 Å². The number of aryl methyl sites for hydroxylation is 2. The second-order valence-corrected chi connectivity index (χ2v) is 6.50. The molecule has 0 fully saturated rings. The van der Waals surface area contributed by atoms with Crippen LogP contribution in [0.15, 0.2) is 48.8 Å². The number of hydrogen-bond acceptors (Lipinski definition) is 5. The summed E-state index contributed by atoms with van der Waals surface area (Å²) in [5.41, 5.74) is 5.23. The van der Waals surface area contributed by atoms with E-state index in [9.17, 15) is 0 Å². The van der Waals surface area contributed by atoms with Crippen molar-refractivity contribution in [2.24, 2.45) is 0 Å². The number of rotatable bonds is 5. The van der Waals surface area contributed by atoms with E-state index in [1.54, 1.807) is 6.20 Å². The van der Waals surface area contributed by atoms with Crippen LogP contribution in [0.3, 0.4) is 0 Å². The molecule has 1 aromatic carbocycles. The molecule has 0 unspecified atom stereocenters. The highest BCUT2D eigenvalue weighted by atomic mass is 15.2. The van der Waals surface area contributed by atoms with Crippen molar-refractivity contribution in [3.8, 4) is 11.3 Å². The van der Waals surface area contributed by atoms with Crippen LogP contribution in [0, 0.1) is 13.8 Å². The maximum Gasteiger partial charge on any atom is 0.225 e. The maximum atomic E-state index is 4.62. The summed E-state index contributed by atoms with van der Waals surface area (Å²) in [6.45, 7) is 8.31. The lowest BCUT2D eigenvalue weighted by Crippen LogP contribution is -2.13. The molecule has 0 spiro atoms. The van der Waals surface area contributed by atoms with Crippen LogP contribution in [0.4, 0.5) is 17.5 Å². The number of nitrogens with one attached hydrogen (secondary N) is 2. The number of pyridine rings is 1. The molecule has 0 amide bonds. The minimum Gasteiger partial charge on any atom is -0.352 e. The highest BCUT2D eigenvalue weighted by Gasteiger charge is 2.09. The lowest BCUT2D eigenvalue weighted by atomic mass is 10.1. The van der Waals surface area contributed by atoms with Crippen LogP contribution < -0.4 is 10.6 Å². The van der Waals surface area contributed by atoms with E-state index in [2.05, 4.69) is 71.5 Å². The van der Waals surface area contributed by atoms with Crippen LogP contribution in [0.5, 0.6) is 0 Å². The van der Waals surface area contributed by atoms with Crippen molar-refractivity contribution in [2.45, 2.75) is 33.7 Å². The van der Waals surface area contributed by atoms with Gasteiger partial charge in [-0.1, -0.05) is 6.07 Å². The van der Waals surface area contributed by atoms with Gasteiger partial charge in [-0.15, -0.1) is 0 Å². The number of hydrogen-bond donors (Lipinski definition) is 2. The largest absolute Gasteiger partial charge is 0.352 e. The van der Waals surface area contributed by atoms with Crippen LogP contribution in [-0.4, -0.2) is 21.0 Å². The summed E-state index contributed by atoms with van der Waals surface area (Å²) in [4.78, 5) is 13.4. The Balaban J connectivity index is 1.99. The molecule has 25 heavy (non-hydrogen) atoms. The molecule has 0 saturated carbocycles. The van der Waals surface area contributed by atoms with Crippen molar-refractivity contribution < 1.29 is 0 Å². The maximum absolute atomic E-state index is 4.62. The number of aromatic nitrogens is 3. The monoisotopic (exact) mass is 333 g/mol. The van der Waals surface area contributed by atoms with Gasteiger partial charge in [-0.3, -0.25) is 4.98 Å². The van der Waals surface area contributed by atoms with Crippen molar-refractivity contribution in [3.63, 3.8) is 0 Å². The summed E-state index contributed by atoms with van der Waals surface area (Å²) in [7, 11) is 0. The summed E-state index contributed by atoms with van der Waals surface area (Å²) in [5, 5.41) is 6.68. The Morgan fingerprint density at radius 3 is 2.36 bits per heavy atom. The zero-order valence-electron chi connectivity index (χ0n) is 15.0. The molecule has 3 rings (SSSR count). The van der Waals surface area contributed by atoms with Crippen molar-refractivity contribution in [2.75, 3.05) is 10.6 Å². The molecule has 5 heteroatoms. The first-order valence-electron chi connectivity index (χ1n) is 8.41. The Morgan fingerprint density at radius 1 is 0.960 bits per heavy atom. The van der Waals surface area contributed by atoms with Gasteiger partial charge in [0.25, 0.3) is 0 Å². The molecule has 0 saturated heterocycles. The Kier molecular flexibility index (Phi) is 4.93. The average Bonchev–Trinajstić information content (AvgIpc) is 2.54. The summed E-state index contributed by atoms with van der Waals surface area (Å²) in [5.74, 6) is 1.35. The van der Waals surface area contributed by atoms with Gasteiger partial charge in [0.15, 0.2) is 0 Å². The number of benzene rings is 1. The van der Waals surface area contributed by atoms with Gasteiger partial charge in [-0.05, 0) is 63.1 Å². The lowest BCUT2D eigenvalue weighted by molar-refractivity contribution is 0.876. The van der Waals surface area contributed by atoms with Gasteiger partial charge >= 0.3 is 0 Å². The molecule has 0 aliphatic carbocycles. The average molecular weight is 333 g/mol. The first-order chi connectivity index (χ1) is 12.0. The van der Waals surface area contributed by atoms with E-state index in [0.29, 0.717) is 5.95 Å². The first-order valence-corrected chi connectivity index (χ1v) is 8.41. The van der Waals surface area contributed by atoms with E-state index in [0.717, 1.165) is 22.8 Å². The highest BCUT2D eigenvalue weighted by molar-refractivity contribution is 5.67. The molecule has 5 nitrogen and oxygen atoms in total. The quantitative estimate of drug-likeness (QED) is 0.707. The topological polar surface area (TPSA) is 62.7 Å². The van der Waals surface area contributed by atoms with Crippen molar-refractivity contribution in [1.82, 2.24) is 15.0 Å². The van der Waals surface area contributed by atoms with Crippen LogP contribution in [0.1, 0.15) is 25.0 Å². The van der Waals surface area contributed by atoms with E-state index in [-0.39, 0.29) is 6.04 Å². The molecule has 0 aliphatic heterocycles. The highest BCUT2D eigenvalue weighted by Crippen LogP contribution is 2.24. The predicted octanol–water partition coefficient (Wildman–Crippen LogP) is 4.72. The molecule has 2 N–H and O–H groups in total. The normalized spacial score (nSPS) is 10.8. The second kappa shape index (κ2) is 7.30. The Bertz CT molecular complexity index is 839. The first kappa shape index (κ1) is 16.9. The molecule has 0 bridgehead atoms. The third-order valence-corrected chi connectivity index (χ3v) is 3.60. The van der Waals surface area contributed by atoms with Gasteiger partial charge in [0.2, 0.25) is 5.95 Å². The number of nitrogens with zero attached hydrogens (tertiary/aromatic N) is 3. The molecule has 0 radical (unpaired) electrons. The molecular weight excluding hydrogens is 310 g/mol. The van der Waals surface area contributed by atoms with Gasteiger partial charge in [0, 0.05) is 35.8 Å². The standard InChI is InChI=1S/C20H23N5/c1-13(2)22-20-24-18(16-6-5-7-21-12-16)11-19(25-20)23-17-9-14(3)8-15(4)10-17/h5-13H,1-4H3,(H2,22,23,24,25). The Morgan fingerprint density at radius 2 is 1.72 bits per heavy atom. The molecular formula is C20H23N5. The van der Waals surface area contributed by atoms with Crippen LogP contribution in [0.2, 0.25) is 0 Å². The second-order valence-electron chi connectivity index (χ2n) is 6.50. The SMILES string of the molecule is Cc1cc(C)cc(Nc2cc(-c3cccnc3)nc(NC(C)C)n2)c1. The minimum absolute atomic E-state index is 0.248. The molecule has 128 valence electrons. The summed E-state index contributed by atoms with van der Waals surface area (Å²) < 4.78 is 0. The number of anilines is 3. The van der Waals surface area contributed by atoms with E-state index in [1.165, 1.54) is 11.1 Å². The molecule has 3 aromatic rings.